The maximum Gasteiger partial charge on any atom is 0.323 e. The van der Waals surface area contributed by atoms with Crippen molar-refractivity contribution < 1.29 is 14.3 Å². The second-order valence-corrected chi connectivity index (χ2v) is 8.15. The van der Waals surface area contributed by atoms with E-state index in [-0.39, 0.29) is 23.3 Å². The Morgan fingerprint density at radius 1 is 1.46 bits per heavy atom. The summed E-state index contributed by atoms with van der Waals surface area (Å²) in [7, 11) is 0. The van der Waals surface area contributed by atoms with Crippen LogP contribution in [0.1, 0.15) is 38.2 Å². The van der Waals surface area contributed by atoms with Gasteiger partial charge in [0.2, 0.25) is 5.91 Å². The van der Waals surface area contributed by atoms with Crippen molar-refractivity contribution in [3.05, 3.63) is 22.4 Å². The van der Waals surface area contributed by atoms with Crippen LogP contribution in [0.5, 0.6) is 0 Å². The first-order chi connectivity index (χ1) is 11.6. The van der Waals surface area contributed by atoms with E-state index in [0.717, 1.165) is 45.3 Å². The van der Waals surface area contributed by atoms with Crippen molar-refractivity contribution in [2.24, 2.45) is 5.41 Å². The molecule has 0 unspecified atom stereocenters. The molecule has 1 saturated carbocycles. The first kappa shape index (κ1) is 16.1. The van der Waals surface area contributed by atoms with Crippen molar-refractivity contribution in [2.75, 3.05) is 19.7 Å². The minimum absolute atomic E-state index is 0.0331. The molecular formula is C18H24N2O3S. The lowest BCUT2D eigenvalue weighted by Crippen LogP contribution is -2.46. The van der Waals surface area contributed by atoms with Gasteiger partial charge in [-0.3, -0.25) is 14.5 Å². The van der Waals surface area contributed by atoms with Gasteiger partial charge < -0.3 is 9.64 Å². The average Bonchev–Trinajstić information content (AvgIpc) is 2.96. The van der Waals surface area contributed by atoms with Crippen LogP contribution >= 0.6 is 11.3 Å². The van der Waals surface area contributed by atoms with Gasteiger partial charge in [-0.15, -0.1) is 0 Å². The van der Waals surface area contributed by atoms with E-state index >= 15 is 0 Å². The smallest absolute Gasteiger partial charge is 0.323 e. The third kappa shape index (κ3) is 2.86. The van der Waals surface area contributed by atoms with Gasteiger partial charge >= 0.3 is 5.97 Å². The zero-order valence-electron chi connectivity index (χ0n) is 14.1. The second-order valence-electron chi connectivity index (χ2n) is 7.37. The van der Waals surface area contributed by atoms with Gasteiger partial charge in [0, 0.05) is 25.9 Å². The molecule has 1 aromatic heterocycles. The molecular weight excluding hydrogens is 324 g/mol. The third-order valence-electron chi connectivity index (χ3n) is 6.00. The van der Waals surface area contributed by atoms with E-state index in [1.54, 1.807) is 18.3 Å². The van der Waals surface area contributed by atoms with Crippen LogP contribution in [0.2, 0.25) is 0 Å². The van der Waals surface area contributed by atoms with Crippen LogP contribution in [0.3, 0.4) is 0 Å². The first-order valence-corrected chi connectivity index (χ1v) is 9.72. The third-order valence-corrected chi connectivity index (χ3v) is 6.73. The Morgan fingerprint density at radius 3 is 2.83 bits per heavy atom. The Labute approximate surface area is 146 Å². The number of cyclic esters (lactones) is 1. The fourth-order valence-corrected chi connectivity index (χ4v) is 5.08. The topological polar surface area (TPSA) is 49.9 Å². The number of rotatable bonds is 4. The minimum atomic E-state index is -0.0545. The monoisotopic (exact) mass is 348 g/mol. The molecule has 2 aliphatic heterocycles. The van der Waals surface area contributed by atoms with Crippen molar-refractivity contribution in [1.29, 1.82) is 0 Å². The number of likely N-dealkylation sites (tertiary alicyclic amines) is 1. The summed E-state index contributed by atoms with van der Waals surface area (Å²) in [5.41, 5.74) is 1.50. The minimum Gasteiger partial charge on any atom is -0.464 e. The highest BCUT2D eigenvalue weighted by molar-refractivity contribution is 7.07. The summed E-state index contributed by atoms with van der Waals surface area (Å²) in [5, 5.41) is 4.19. The van der Waals surface area contributed by atoms with E-state index in [1.807, 2.05) is 0 Å². The van der Waals surface area contributed by atoms with Crippen LogP contribution in [-0.2, 0) is 20.9 Å². The maximum atomic E-state index is 12.2. The fourth-order valence-electron chi connectivity index (χ4n) is 4.42. The van der Waals surface area contributed by atoms with Crippen LogP contribution in [-0.4, -0.2) is 53.5 Å². The van der Waals surface area contributed by atoms with Gasteiger partial charge in [0.25, 0.3) is 0 Å². The lowest BCUT2D eigenvalue weighted by atomic mass is 9.91. The molecule has 6 heteroatoms. The molecule has 3 heterocycles. The van der Waals surface area contributed by atoms with Crippen LogP contribution in [0.4, 0.5) is 0 Å². The van der Waals surface area contributed by atoms with Crippen LogP contribution in [0, 0.1) is 5.41 Å². The average molecular weight is 348 g/mol. The first-order valence-electron chi connectivity index (χ1n) is 8.78. The van der Waals surface area contributed by atoms with E-state index in [1.165, 1.54) is 5.56 Å². The number of piperidine rings is 1. The maximum absolute atomic E-state index is 12.2. The van der Waals surface area contributed by atoms with E-state index in [9.17, 15) is 9.59 Å². The van der Waals surface area contributed by atoms with Crippen molar-refractivity contribution in [2.45, 2.75) is 51.2 Å². The van der Waals surface area contributed by atoms with Crippen LogP contribution < -0.4 is 0 Å². The molecule has 1 aromatic rings. The van der Waals surface area contributed by atoms with E-state index in [0.29, 0.717) is 12.6 Å². The zero-order valence-corrected chi connectivity index (χ0v) is 14.9. The number of thiophene rings is 1. The number of hydrogen-bond acceptors (Lipinski definition) is 5. The Balaban J connectivity index is 1.38. The number of ether oxygens (including phenoxy) is 1. The summed E-state index contributed by atoms with van der Waals surface area (Å²) >= 11 is 1.68. The SMILES string of the molecule is CC(=O)N(Cc1ccsc1)[C@@H]1CC12CCN([C@@H]1CCOC1=O)CC2. The van der Waals surface area contributed by atoms with Gasteiger partial charge in [0.15, 0.2) is 0 Å². The molecule has 1 spiro atoms. The van der Waals surface area contributed by atoms with E-state index < -0.39 is 0 Å². The zero-order chi connectivity index (χ0) is 16.7. The Hall–Kier alpha value is -1.40. The van der Waals surface area contributed by atoms with Crippen molar-refractivity contribution in [3.63, 3.8) is 0 Å². The number of carbonyl (C=O) groups excluding carboxylic acids is 2. The molecule has 3 aliphatic rings. The largest absolute Gasteiger partial charge is 0.464 e. The number of nitrogens with zero attached hydrogens (tertiary/aromatic N) is 2. The summed E-state index contributed by atoms with van der Waals surface area (Å²) in [5.74, 6) is 0.117. The molecule has 4 rings (SSSR count). The molecule has 0 radical (unpaired) electrons. The van der Waals surface area contributed by atoms with Crippen LogP contribution in [0.15, 0.2) is 16.8 Å². The fraction of sp³-hybridized carbons (Fsp3) is 0.667. The Kier molecular flexibility index (Phi) is 4.12. The lowest BCUT2D eigenvalue weighted by Gasteiger charge is -2.36. The van der Waals surface area contributed by atoms with Gasteiger partial charge in [0.1, 0.15) is 6.04 Å². The quantitative estimate of drug-likeness (QED) is 0.783. The summed E-state index contributed by atoms with van der Waals surface area (Å²) in [6.45, 7) is 4.86. The van der Waals surface area contributed by atoms with Crippen molar-refractivity contribution in [1.82, 2.24) is 9.80 Å². The molecule has 0 aromatic carbocycles. The summed E-state index contributed by atoms with van der Waals surface area (Å²) in [4.78, 5) is 28.3. The molecule has 0 bridgehead atoms. The van der Waals surface area contributed by atoms with Crippen molar-refractivity contribution in [3.8, 4) is 0 Å². The Bertz CT molecular complexity index is 622. The van der Waals surface area contributed by atoms with Gasteiger partial charge in [-0.1, -0.05) is 0 Å². The molecule has 1 aliphatic carbocycles. The standard InChI is InChI=1S/C18H24N2O3S/c1-13(21)20(11-14-3-9-24-12-14)16-10-18(16)4-6-19(7-5-18)15-2-8-23-17(15)22/h3,9,12,15-16H,2,4-8,10-11H2,1H3/t15-,16-/m1/s1. The molecule has 0 N–H and O–H groups in total. The van der Waals surface area contributed by atoms with Crippen LogP contribution in [0.25, 0.3) is 0 Å². The molecule has 1 amide bonds. The van der Waals surface area contributed by atoms with Gasteiger partial charge in [-0.2, -0.15) is 11.3 Å². The highest BCUT2D eigenvalue weighted by Crippen LogP contribution is 2.57. The molecule has 130 valence electrons. The highest BCUT2D eigenvalue weighted by atomic mass is 32.1. The number of amides is 1. The van der Waals surface area contributed by atoms with Gasteiger partial charge in [0.05, 0.1) is 6.61 Å². The van der Waals surface area contributed by atoms with E-state index in [4.69, 9.17) is 4.74 Å². The molecule has 5 nitrogen and oxygen atoms in total. The summed E-state index contributed by atoms with van der Waals surface area (Å²) in [6, 6.07) is 2.44. The molecule has 2 atom stereocenters. The summed E-state index contributed by atoms with van der Waals surface area (Å²) < 4.78 is 5.10. The highest BCUT2D eigenvalue weighted by Gasteiger charge is 2.58. The predicted molar refractivity (Wildman–Crippen MR) is 91.6 cm³/mol. The number of hydrogen-bond donors (Lipinski definition) is 0. The Morgan fingerprint density at radius 2 is 2.25 bits per heavy atom. The number of carbonyl (C=O) groups is 2. The second kappa shape index (κ2) is 6.15. The number of esters is 1. The normalized spacial score (nSPS) is 28.8. The van der Waals surface area contributed by atoms with Gasteiger partial charge in [-0.25, -0.2) is 0 Å². The summed E-state index contributed by atoms with van der Waals surface area (Å²) in [6.07, 6.45) is 4.09. The lowest BCUT2D eigenvalue weighted by molar-refractivity contribution is -0.142. The predicted octanol–water partition coefficient (Wildman–Crippen LogP) is 2.27. The van der Waals surface area contributed by atoms with Crippen molar-refractivity contribution >= 4 is 23.2 Å². The molecule has 2 saturated heterocycles. The molecule has 24 heavy (non-hydrogen) atoms. The molecule has 3 fully saturated rings. The van der Waals surface area contributed by atoms with E-state index in [2.05, 4.69) is 26.6 Å². The van der Waals surface area contributed by atoms with Gasteiger partial charge in [-0.05, 0) is 60.2 Å².